The highest BCUT2D eigenvalue weighted by molar-refractivity contribution is 5.07. The maximum atomic E-state index is 5.34. The Labute approximate surface area is 95.8 Å². The molecule has 0 radical (unpaired) electrons. The second-order valence-corrected chi connectivity index (χ2v) is 5.26. The molecule has 88 valence electrons. The summed E-state index contributed by atoms with van der Waals surface area (Å²) in [6, 6.07) is 0. The van der Waals surface area contributed by atoms with Crippen LogP contribution < -0.4 is 5.32 Å². The van der Waals surface area contributed by atoms with Crippen LogP contribution in [0.4, 0.5) is 0 Å². The van der Waals surface area contributed by atoms with Gasteiger partial charge in [0.15, 0.2) is 5.82 Å². The molecule has 2 fully saturated rings. The molecule has 3 rings (SSSR count). The average molecular weight is 221 g/mol. The Hall–Kier alpha value is -0.900. The van der Waals surface area contributed by atoms with Crippen molar-refractivity contribution in [2.75, 3.05) is 13.1 Å². The van der Waals surface area contributed by atoms with Crippen molar-refractivity contribution in [3.63, 3.8) is 0 Å². The minimum Gasteiger partial charge on any atom is -0.339 e. The van der Waals surface area contributed by atoms with E-state index < -0.39 is 0 Å². The molecule has 1 aliphatic carbocycles. The predicted octanol–water partition coefficient (Wildman–Crippen LogP) is 1.74. The molecular weight excluding hydrogens is 202 g/mol. The first-order chi connectivity index (χ1) is 7.83. The maximum Gasteiger partial charge on any atom is 0.226 e. The molecule has 2 aliphatic rings. The van der Waals surface area contributed by atoms with E-state index in [2.05, 4.69) is 22.4 Å². The van der Waals surface area contributed by atoms with E-state index in [9.17, 15) is 0 Å². The lowest BCUT2D eigenvalue weighted by Gasteiger charge is -2.20. The number of hydrogen-bond donors (Lipinski definition) is 1. The third kappa shape index (κ3) is 2.12. The lowest BCUT2D eigenvalue weighted by Crippen LogP contribution is -2.28. The van der Waals surface area contributed by atoms with Gasteiger partial charge >= 0.3 is 0 Å². The molecule has 4 heteroatoms. The largest absolute Gasteiger partial charge is 0.339 e. The Balaban J connectivity index is 1.59. The van der Waals surface area contributed by atoms with Crippen molar-refractivity contribution in [1.82, 2.24) is 15.5 Å². The van der Waals surface area contributed by atoms with Crippen LogP contribution in [0.2, 0.25) is 0 Å². The molecule has 2 heterocycles. The Morgan fingerprint density at radius 1 is 1.38 bits per heavy atom. The van der Waals surface area contributed by atoms with E-state index in [0.29, 0.717) is 5.92 Å². The molecule has 1 aliphatic heterocycles. The summed E-state index contributed by atoms with van der Waals surface area (Å²) in [5.41, 5.74) is 0. The Kier molecular flexibility index (Phi) is 2.67. The summed E-state index contributed by atoms with van der Waals surface area (Å²) in [4.78, 5) is 4.52. The van der Waals surface area contributed by atoms with Gasteiger partial charge < -0.3 is 9.84 Å². The highest BCUT2D eigenvalue weighted by Crippen LogP contribution is 2.45. The van der Waals surface area contributed by atoms with Gasteiger partial charge in [0.2, 0.25) is 5.89 Å². The highest BCUT2D eigenvalue weighted by Gasteiger charge is 2.38. The van der Waals surface area contributed by atoms with Crippen LogP contribution in [-0.4, -0.2) is 23.2 Å². The van der Waals surface area contributed by atoms with Crippen molar-refractivity contribution in [3.05, 3.63) is 11.7 Å². The summed E-state index contributed by atoms with van der Waals surface area (Å²) in [6.45, 7) is 4.50. The molecule has 4 nitrogen and oxygen atoms in total. The van der Waals surface area contributed by atoms with Crippen molar-refractivity contribution >= 4 is 0 Å². The second kappa shape index (κ2) is 4.17. The summed E-state index contributed by atoms with van der Waals surface area (Å²) in [5, 5.41) is 7.47. The van der Waals surface area contributed by atoms with E-state index in [0.717, 1.165) is 43.1 Å². The van der Waals surface area contributed by atoms with Gasteiger partial charge in [0.1, 0.15) is 0 Å². The number of hydrogen-bond acceptors (Lipinski definition) is 4. The number of nitrogens with zero attached hydrogens (tertiary/aromatic N) is 2. The first-order valence-corrected chi connectivity index (χ1v) is 6.36. The van der Waals surface area contributed by atoms with Crippen LogP contribution in [0, 0.1) is 11.8 Å². The fourth-order valence-electron chi connectivity index (χ4n) is 2.52. The maximum absolute atomic E-state index is 5.34. The predicted molar refractivity (Wildman–Crippen MR) is 60.1 cm³/mol. The van der Waals surface area contributed by atoms with Crippen molar-refractivity contribution in [1.29, 1.82) is 0 Å². The quantitative estimate of drug-likeness (QED) is 0.844. The normalized spacial score (nSPS) is 30.6. The van der Waals surface area contributed by atoms with Gasteiger partial charge in [-0.1, -0.05) is 12.1 Å². The fourth-order valence-corrected chi connectivity index (χ4v) is 2.52. The smallest absolute Gasteiger partial charge is 0.226 e. The van der Waals surface area contributed by atoms with Crippen LogP contribution in [0.25, 0.3) is 0 Å². The van der Waals surface area contributed by atoms with E-state index in [1.165, 1.54) is 19.3 Å². The van der Waals surface area contributed by atoms with Crippen LogP contribution in [0.15, 0.2) is 4.52 Å². The van der Waals surface area contributed by atoms with Gasteiger partial charge in [-0.2, -0.15) is 4.98 Å². The minimum atomic E-state index is 0.575. The molecule has 1 saturated heterocycles. The molecule has 0 bridgehead atoms. The van der Waals surface area contributed by atoms with Crippen LogP contribution in [-0.2, 0) is 6.42 Å². The summed E-state index contributed by atoms with van der Waals surface area (Å²) < 4.78 is 5.34. The number of rotatable bonds is 3. The zero-order valence-corrected chi connectivity index (χ0v) is 9.78. The Morgan fingerprint density at radius 2 is 2.12 bits per heavy atom. The number of piperidine rings is 1. The summed E-state index contributed by atoms with van der Waals surface area (Å²) >= 11 is 0. The lowest BCUT2D eigenvalue weighted by atomic mass is 9.95. The standard InChI is InChI=1S/C12H19N3O/c1-8-6-10(8)12-14-11(16-15-12)7-9-2-4-13-5-3-9/h8-10,13H,2-7H2,1H3/t8-,10+/m0/s1. The lowest BCUT2D eigenvalue weighted by molar-refractivity contribution is 0.312. The van der Waals surface area contributed by atoms with Crippen LogP contribution in [0.3, 0.4) is 0 Å². The Bertz CT molecular complexity index is 357. The average Bonchev–Trinajstić information content (AvgIpc) is 2.86. The molecule has 0 spiro atoms. The first-order valence-electron chi connectivity index (χ1n) is 6.36. The zero-order valence-electron chi connectivity index (χ0n) is 9.78. The SMILES string of the molecule is C[C@H]1C[C@H]1c1noc(CC2CCNCC2)n1. The minimum absolute atomic E-state index is 0.575. The first kappa shape index (κ1) is 10.3. The molecule has 1 aromatic rings. The number of nitrogens with one attached hydrogen (secondary N) is 1. The van der Waals surface area contributed by atoms with Crippen LogP contribution in [0.1, 0.15) is 43.8 Å². The molecule has 16 heavy (non-hydrogen) atoms. The molecule has 0 unspecified atom stereocenters. The summed E-state index contributed by atoms with van der Waals surface area (Å²) in [7, 11) is 0. The fraction of sp³-hybridized carbons (Fsp3) is 0.833. The van der Waals surface area contributed by atoms with E-state index in [-0.39, 0.29) is 0 Å². The van der Waals surface area contributed by atoms with Crippen molar-refractivity contribution < 1.29 is 4.52 Å². The van der Waals surface area contributed by atoms with Crippen molar-refractivity contribution in [3.8, 4) is 0 Å². The number of aromatic nitrogens is 2. The van der Waals surface area contributed by atoms with Gasteiger partial charge in [-0.25, -0.2) is 0 Å². The van der Waals surface area contributed by atoms with Gasteiger partial charge in [0, 0.05) is 12.3 Å². The third-order valence-electron chi connectivity index (χ3n) is 3.85. The van der Waals surface area contributed by atoms with E-state index in [4.69, 9.17) is 4.52 Å². The van der Waals surface area contributed by atoms with E-state index >= 15 is 0 Å². The molecule has 0 amide bonds. The monoisotopic (exact) mass is 221 g/mol. The zero-order chi connectivity index (χ0) is 11.0. The highest BCUT2D eigenvalue weighted by atomic mass is 16.5. The molecule has 2 atom stereocenters. The summed E-state index contributed by atoms with van der Waals surface area (Å²) in [6.07, 6.45) is 4.66. The van der Waals surface area contributed by atoms with Crippen LogP contribution in [0.5, 0.6) is 0 Å². The van der Waals surface area contributed by atoms with Gasteiger partial charge in [-0.15, -0.1) is 0 Å². The second-order valence-electron chi connectivity index (χ2n) is 5.26. The molecule has 0 aromatic carbocycles. The topological polar surface area (TPSA) is 51.0 Å². The van der Waals surface area contributed by atoms with Gasteiger partial charge in [-0.3, -0.25) is 0 Å². The third-order valence-corrected chi connectivity index (χ3v) is 3.85. The van der Waals surface area contributed by atoms with Gasteiger partial charge in [0.05, 0.1) is 0 Å². The van der Waals surface area contributed by atoms with E-state index in [1.54, 1.807) is 0 Å². The van der Waals surface area contributed by atoms with E-state index in [1.807, 2.05) is 0 Å². The molecular formula is C12H19N3O. The van der Waals surface area contributed by atoms with Gasteiger partial charge in [-0.05, 0) is 44.2 Å². The molecule has 1 aromatic heterocycles. The van der Waals surface area contributed by atoms with Crippen molar-refractivity contribution in [2.45, 2.75) is 38.5 Å². The molecule has 1 saturated carbocycles. The van der Waals surface area contributed by atoms with Crippen LogP contribution >= 0.6 is 0 Å². The Morgan fingerprint density at radius 3 is 2.81 bits per heavy atom. The molecule has 1 N–H and O–H groups in total. The van der Waals surface area contributed by atoms with Crippen molar-refractivity contribution in [2.24, 2.45) is 11.8 Å². The van der Waals surface area contributed by atoms with Gasteiger partial charge in [0.25, 0.3) is 0 Å². The summed E-state index contributed by atoms with van der Waals surface area (Å²) in [5.74, 6) is 3.85.